The Hall–Kier alpha value is -3.42. The van der Waals surface area contributed by atoms with Gasteiger partial charge in [0.2, 0.25) is 5.91 Å². The molecule has 1 atom stereocenters. The Morgan fingerprint density at radius 1 is 1.28 bits per heavy atom. The zero-order valence-electron chi connectivity index (χ0n) is 18.4. The van der Waals surface area contributed by atoms with Crippen molar-refractivity contribution in [1.29, 1.82) is 0 Å². The van der Waals surface area contributed by atoms with Crippen molar-refractivity contribution in [3.05, 3.63) is 53.4 Å². The maximum atomic E-state index is 12.9. The fraction of sp³-hybridized carbons (Fsp3) is 0.417. The van der Waals surface area contributed by atoms with Crippen LogP contribution in [0.25, 0.3) is 10.9 Å². The molecule has 3 aromatic rings. The molecule has 1 fully saturated rings. The number of likely N-dealkylation sites (tertiary alicyclic amines) is 1. The van der Waals surface area contributed by atoms with Crippen LogP contribution in [-0.2, 0) is 11.2 Å². The topological polar surface area (TPSA) is 112 Å². The van der Waals surface area contributed by atoms with Crippen molar-refractivity contribution in [1.82, 2.24) is 15.0 Å². The van der Waals surface area contributed by atoms with E-state index in [0.29, 0.717) is 48.8 Å². The molecule has 2 N–H and O–H groups in total. The average molecular weight is 437 g/mol. The molecule has 1 aliphatic rings. The Labute approximate surface area is 186 Å². The molecule has 0 saturated carbocycles. The predicted molar refractivity (Wildman–Crippen MR) is 119 cm³/mol. The summed E-state index contributed by atoms with van der Waals surface area (Å²) in [5, 5.41) is 4.75. The molecule has 1 unspecified atom stereocenters. The lowest BCUT2D eigenvalue weighted by Gasteiger charge is -2.33. The third-order valence-electron chi connectivity index (χ3n) is 5.66. The maximum Gasteiger partial charge on any atom is 0.254 e. The van der Waals surface area contributed by atoms with Gasteiger partial charge in [0, 0.05) is 43.3 Å². The van der Waals surface area contributed by atoms with Crippen molar-refractivity contribution >= 4 is 22.7 Å². The van der Waals surface area contributed by atoms with Crippen LogP contribution in [-0.4, -0.2) is 46.0 Å². The summed E-state index contributed by atoms with van der Waals surface area (Å²) >= 11 is 0. The molecule has 2 amide bonds. The predicted octanol–water partition coefficient (Wildman–Crippen LogP) is 3.45. The fourth-order valence-corrected chi connectivity index (χ4v) is 4.16. The Kier molecular flexibility index (Phi) is 6.39. The number of para-hydroxylation sites is 1. The quantitative estimate of drug-likeness (QED) is 0.607. The Morgan fingerprint density at radius 2 is 2.09 bits per heavy atom. The summed E-state index contributed by atoms with van der Waals surface area (Å²) in [4.78, 5) is 31.6. The van der Waals surface area contributed by atoms with E-state index in [1.807, 2.05) is 49.1 Å². The van der Waals surface area contributed by atoms with Gasteiger partial charge in [-0.2, -0.15) is 0 Å². The first-order chi connectivity index (χ1) is 15.4. The van der Waals surface area contributed by atoms with E-state index in [9.17, 15) is 9.59 Å². The smallest absolute Gasteiger partial charge is 0.254 e. The molecule has 168 valence electrons. The Balaban J connectivity index is 1.45. The molecular formula is C24H28N4O4. The Bertz CT molecular complexity index is 1120. The minimum atomic E-state index is -0.494. The molecule has 8 heteroatoms. The summed E-state index contributed by atoms with van der Waals surface area (Å²) < 4.78 is 10.8. The van der Waals surface area contributed by atoms with Crippen molar-refractivity contribution in [2.75, 3.05) is 13.1 Å². The summed E-state index contributed by atoms with van der Waals surface area (Å²) in [6.07, 6.45) is 2.48. The summed E-state index contributed by atoms with van der Waals surface area (Å²) in [5.74, 6) is 0.568. The summed E-state index contributed by atoms with van der Waals surface area (Å²) in [6, 6.07) is 11.2. The standard InChI is InChI=1S/C24H28N4O4/c1-15(2)31-21-13-18(32-27-21)9-10-22(29)28-11-5-7-17(14-28)23-19(24(25)30)12-16-6-3-4-8-20(16)26-23/h3-4,6,8,12-13,15,17H,5,7,9-11,14H2,1-2H3,(H2,25,30). The normalized spacial score (nSPS) is 16.5. The van der Waals surface area contributed by atoms with Crippen LogP contribution in [0.5, 0.6) is 5.88 Å². The van der Waals surface area contributed by atoms with Crippen LogP contribution in [0.15, 0.2) is 40.9 Å². The van der Waals surface area contributed by atoms with Crippen LogP contribution in [0.4, 0.5) is 0 Å². The first-order valence-corrected chi connectivity index (χ1v) is 11.0. The summed E-state index contributed by atoms with van der Waals surface area (Å²) in [6.45, 7) is 5.03. The van der Waals surface area contributed by atoms with Crippen molar-refractivity contribution in [3.63, 3.8) is 0 Å². The van der Waals surface area contributed by atoms with Crippen LogP contribution >= 0.6 is 0 Å². The highest BCUT2D eigenvalue weighted by molar-refractivity contribution is 5.97. The van der Waals surface area contributed by atoms with Gasteiger partial charge in [0.25, 0.3) is 11.8 Å². The van der Waals surface area contributed by atoms with Gasteiger partial charge in [0.05, 0.1) is 22.9 Å². The van der Waals surface area contributed by atoms with Crippen LogP contribution in [0.2, 0.25) is 0 Å². The number of piperidine rings is 1. The number of aryl methyl sites for hydroxylation is 1. The molecule has 8 nitrogen and oxygen atoms in total. The number of benzene rings is 1. The van der Waals surface area contributed by atoms with Gasteiger partial charge in [-0.1, -0.05) is 18.2 Å². The maximum absolute atomic E-state index is 12.9. The minimum Gasteiger partial charge on any atom is -0.473 e. The second kappa shape index (κ2) is 9.38. The van der Waals surface area contributed by atoms with Gasteiger partial charge in [-0.05, 0) is 44.0 Å². The highest BCUT2D eigenvalue weighted by Gasteiger charge is 2.28. The van der Waals surface area contributed by atoms with Crippen molar-refractivity contribution in [2.45, 2.75) is 51.6 Å². The lowest BCUT2D eigenvalue weighted by atomic mass is 9.90. The van der Waals surface area contributed by atoms with E-state index in [1.165, 1.54) is 0 Å². The van der Waals surface area contributed by atoms with Gasteiger partial charge in [-0.25, -0.2) is 0 Å². The molecule has 0 aliphatic carbocycles. The van der Waals surface area contributed by atoms with Gasteiger partial charge >= 0.3 is 0 Å². The number of carbonyl (C=O) groups excluding carboxylic acids is 2. The van der Waals surface area contributed by atoms with Gasteiger partial charge in [-0.15, -0.1) is 0 Å². The van der Waals surface area contributed by atoms with Crippen LogP contribution < -0.4 is 10.5 Å². The van der Waals surface area contributed by atoms with E-state index >= 15 is 0 Å². The second-order valence-electron chi connectivity index (χ2n) is 8.46. The number of carbonyl (C=O) groups is 2. The van der Waals surface area contributed by atoms with E-state index in [2.05, 4.69) is 5.16 Å². The average Bonchev–Trinajstić information content (AvgIpc) is 3.23. The van der Waals surface area contributed by atoms with Crippen LogP contribution in [0.3, 0.4) is 0 Å². The zero-order chi connectivity index (χ0) is 22.7. The van der Waals surface area contributed by atoms with Gasteiger partial charge in [-0.3, -0.25) is 14.6 Å². The number of aromatic nitrogens is 2. The molecule has 3 heterocycles. The first-order valence-electron chi connectivity index (χ1n) is 11.0. The SMILES string of the molecule is CC(C)Oc1cc(CCC(=O)N2CCCC(c3nc4ccccc4cc3C(N)=O)C2)on1. The third-order valence-corrected chi connectivity index (χ3v) is 5.66. The Morgan fingerprint density at radius 3 is 2.88 bits per heavy atom. The number of nitrogens with two attached hydrogens (primary N) is 1. The number of fused-ring (bicyclic) bond motifs is 1. The van der Waals surface area contributed by atoms with E-state index in [-0.39, 0.29) is 17.9 Å². The van der Waals surface area contributed by atoms with Gasteiger partial charge in [0.1, 0.15) is 5.76 Å². The molecule has 1 saturated heterocycles. The molecule has 1 aliphatic heterocycles. The molecule has 0 bridgehead atoms. The molecule has 2 aromatic heterocycles. The van der Waals surface area contributed by atoms with E-state index < -0.39 is 5.91 Å². The highest BCUT2D eigenvalue weighted by atomic mass is 16.5. The number of hydrogen-bond donors (Lipinski definition) is 1. The largest absolute Gasteiger partial charge is 0.473 e. The number of pyridine rings is 1. The molecular weight excluding hydrogens is 408 g/mol. The lowest BCUT2D eigenvalue weighted by Crippen LogP contribution is -2.40. The number of ether oxygens (including phenoxy) is 1. The highest BCUT2D eigenvalue weighted by Crippen LogP contribution is 2.30. The number of nitrogens with zero attached hydrogens (tertiary/aromatic N) is 3. The van der Waals surface area contributed by atoms with E-state index in [1.54, 1.807) is 6.07 Å². The lowest BCUT2D eigenvalue weighted by molar-refractivity contribution is -0.132. The fourth-order valence-electron chi connectivity index (χ4n) is 4.16. The zero-order valence-corrected chi connectivity index (χ0v) is 18.4. The summed E-state index contributed by atoms with van der Waals surface area (Å²) in [5.41, 5.74) is 7.60. The number of amides is 2. The first kappa shape index (κ1) is 21.8. The van der Waals surface area contributed by atoms with Crippen LogP contribution in [0.1, 0.15) is 60.8 Å². The second-order valence-corrected chi connectivity index (χ2v) is 8.46. The molecule has 4 rings (SSSR count). The summed E-state index contributed by atoms with van der Waals surface area (Å²) in [7, 11) is 0. The number of hydrogen-bond acceptors (Lipinski definition) is 6. The number of rotatable bonds is 7. The minimum absolute atomic E-state index is 0.00822. The van der Waals surface area contributed by atoms with E-state index in [0.717, 1.165) is 23.7 Å². The van der Waals surface area contributed by atoms with E-state index in [4.69, 9.17) is 20.0 Å². The number of primary amides is 1. The van der Waals surface area contributed by atoms with Crippen LogP contribution in [0, 0.1) is 0 Å². The molecule has 32 heavy (non-hydrogen) atoms. The third kappa shape index (κ3) is 4.90. The van der Waals surface area contributed by atoms with Gasteiger partial charge in [0.15, 0.2) is 0 Å². The molecule has 0 spiro atoms. The van der Waals surface area contributed by atoms with Crippen molar-refractivity contribution < 1.29 is 18.8 Å². The molecule has 0 radical (unpaired) electrons. The van der Waals surface area contributed by atoms with Crippen molar-refractivity contribution in [3.8, 4) is 5.88 Å². The molecule has 1 aromatic carbocycles. The van der Waals surface area contributed by atoms with Gasteiger partial charge < -0.3 is 19.9 Å². The monoisotopic (exact) mass is 436 g/mol. The van der Waals surface area contributed by atoms with Crippen molar-refractivity contribution in [2.24, 2.45) is 5.73 Å².